The van der Waals surface area contributed by atoms with Crippen molar-refractivity contribution in [3.05, 3.63) is 60.3 Å². The zero-order valence-corrected chi connectivity index (χ0v) is 14.6. The minimum atomic E-state index is -0.0860. The topological polar surface area (TPSA) is 54.3 Å². The maximum absolute atomic E-state index is 12.4. The molecule has 3 rings (SSSR count). The molecule has 0 bridgehead atoms. The lowest BCUT2D eigenvalue weighted by molar-refractivity contribution is -0.117. The quantitative estimate of drug-likeness (QED) is 0.792. The Balaban J connectivity index is 1.72. The summed E-state index contributed by atoms with van der Waals surface area (Å²) in [5.74, 6) is -0.121. The number of hydrogen-bond acceptors (Lipinski definition) is 2. The number of carbonyl (C=O) groups is 2. The molecule has 25 heavy (non-hydrogen) atoms. The highest BCUT2D eigenvalue weighted by Gasteiger charge is 2.10. The summed E-state index contributed by atoms with van der Waals surface area (Å²) in [4.78, 5) is 25.3. The zero-order chi connectivity index (χ0) is 18.0. The second-order valence-corrected chi connectivity index (χ2v) is 6.10. The fraction of sp³-hybridized carbons (Fsp3) is 0.200. The van der Waals surface area contributed by atoms with E-state index < -0.39 is 0 Å². The zero-order valence-electron chi connectivity index (χ0n) is 14.6. The van der Waals surface area contributed by atoms with E-state index >= 15 is 0 Å². The molecule has 5 heteroatoms. The first-order valence-electron chi connectivity index (χ1n) is 8.15. The molecule has 0 unspecified atom stereocenters. The van der Waals surface area contributed by atoms with Crippen LogP contribution in [0.3, 0.4) is 0 Å². The minimum Gasteiger partial charge on any atom is -0.335 e. The van der Waals surface area contributed by atoms with Crippen LogP contribution in [0.1, 0.15) is 12.6 Å². The molecular weight excluding hydrogens is 314 g/mol. The van der Waals surface area contributed by atoms with Gasteiger partial charge in [-0.15, -0.1) is 0 Å². The number of aryl methyl sites for hydroxylation is 1. The predicted molar refractivity (Wildman–Crippen MR) is 101 cm³/mol. The van der Waals surface area contributed by atoms with E-state index in [0.29, 0.717) is 5.69 Å². The first kappa shape index (κ1) is 16.8. The molecule has 128 valence electrons. The summed E-state index contributed by atoms with van der Waals surface area (Å²) in [6, 6.07) is 17.3. The molecule has 1 aromatic heterocycles. The molecular formula is C20H21N3O2. The lowest BCUT2D eigenvalue weighted by Gasteiger charge is -2.15. The molecule has 5 nitrogen and oxygen atoms in total. The van der Waals surface area contributed by atoms with Crippen molar-refractivity contribution in [2.24, 2.45) is 0 Å². The molecule has 0 aliphatic carbocycles. The number of para-hydroxylation sites is 1. The lowest BCUT2D eigenvalue weighted by Crippen LogP contribution is -2.23. The van der Waals surface area contributed by atoms with Gasteiger partial charge in [-0.2, -0.15) is 0 Å². The summed E-state index contributed by atoms with van der Waals surface area (Å²) >= 11 is 0. The first-order chi connectivity index (χ1) is 12.0. The van der Waals surface area contributed by atoms with Crippen LogP contribution in [0.5, 0.6) is 0 Å². The van der Waals surface area contributed by atoms with E-state index in [-0.39, 0.29) is 18.4 Å². The predicted octanol–water partition coefficient (Wildman–Crippen LogP) is 3.57. The van der Waals surface area contributed by atoms with Gasteiger partial charge in [0.15, 0.2) is 0 Å². The van der Waals surface area contributed by atoms with E-state index in [1.54, 1.807) is 24.1 Å². The summed E-state index contributed by atoms with van der Waals surface area (Å²) < 4.78 is 2.00. The van der Waals surface area contributed by atoms with Crippen molar-refractivity contribution < 1.29 is 9.59 Å². The highest BCUT2D eigenvalue weighted by molar-refractivity contribution is 5.94. The van der Waals surface area contributed by atoms with Gasteiger partial charge in [-0.05, 0) is 48.7 Å². The average molecular weight is 335 g/mol. The van der Waals surface area contributed by atoms with E-state index in [4.69, 9.17) is 0 Å². The Morgan fingerprint density at radius 3 is 2.44 bits per heavy atom. The third kappa shape index (κ3) is 3.55. The Bertz CT molecular complexity index is 926. The van der Waals surface area contributed by atoms with Crippen LogP contribution in [0.25, 0.3) is 10.9 Å². The number of fused-ring (bicyclic) bond motifs is 1. The van der Waals surface area contributed by atoms with Crippen molar-refractivity contribution in [1.82, 2.24) is 4.57 Å². The molecule has 1 heterocycles. The van der Waals surface area contributed by atoms with E-state index in [2.05, 4.69) is 11.4 Å². The van der Waals surface area contributed by atoms with Gasteiger partial charge in [0.25, 0.3) is 0 Å². The molecule has 2 aromatic carbocycles. The molecule has 0 atom stereocenters. The highest BCUT2D eigenvalue weighted by atomic mass is 16.2. The van der Waals surface area contributed by atoms with Gasteiger partial charge in [-0.1, -0.05) is 18.2 Å². The standard InChI is InChI=1S/C20H21N3O2/c1-14-12-16-6-4-5-7-19(16)23(14)13-20(25)21-17-8-10-18(11-9-17)22(3)15(2)24/h4-12H,13H2,1-3H3,(H,21,25). The average Bonchev–Trinajstić information content (AvgIpc) is 2.90. The maximum Gasteiger partial charge on any atom is 0.244 e. The minimum absolute atomic E-state index is 0.0354. The second-order valence-electron chi connectivity index (χ2n) is 6.10. The van der Waals surface area contributed by atoms with Crippen molar-refractivity contribution in [2.75, 3.05) is 17.3 Å². The van der Waals surface area contributed by atoms with Gasteiger partial charge in [0.2, 0.25) is 11.8 Å². The summed E-state index contributed by atoms with van der Waals surface area (Å²) in [7, 11) is 1.72. The smallest absolute Gasteiger partial charge is 0.244 e. The van der Waals surface area contributed by atoms with Crippen LogP contribution in [0.15, 0.2) is 54.6 Å². The van der Waals surface area contributed by atoms with Crippen molar-refractivity contribution >= 4 is 34.1 Å². The van der Waals surface area contributed by atoms with Gasteiger partial charge in [0, 0.05) is 36.6 Å². The van der Waals surface area contributed by atoms with Crippen molar-refractivity contribution in [2.45, 2.75) is 20.4 Å². The number of carbonyl (C=O) groups excluding carboxylic acids is 2. The Labute approximate surface area is 146 Å². The molecule has 0 saturated heterocycles. The summed E-state index contributed by atoms with van der Waals surface area (Å²) in [5.41, 5.74) is 3.60. The molecule has 0 aliphatic rings. The fourth-order valence-corrected chi connectivity index (χ4v) is 2.85. The van der Waals surface area contributed by atoms with Gasteiger partial charge in [-0.3, -0.25) is 9.59 Å². The first-order valence-corrected chi connectivity index (χ1v) is 8.15. The van der Waals surface area contributed by atoms with Gasteiger partial charge in [0.1, 0.15) is 6.54 Å². The van der Waals surface area contributed by atoms with Gasteiger partial charge >= 0.3 is 0 Å². The van der Waals surface area contributed by atoms with Gasteiger partial charge < -0.3 is 14.8 Å². The monoisotopic (exact) mass is 335 g/mol. The lowest BCUT2D eigenvalue weighted by atomic mass is 10.2. The van der Waals surface area contributed by atoms with Gasteiger partial charge in [-0.25, -0.2) is 0 Å². The number of nitrogens with one attached hydrogen (secondary N) is 1. The van der Waals surface area contributed by atoms with Crippen molar-refractivity contribution in [1.29, 1.82) is 0 Å². The molecule has 0 fully saturated rings. The fourth-order valence-electron chi connectivity index (χ4n) is 2.85. The van der Waals surface area contributed by atoms with Crippen LogP contribution in [0, 0.1) is 6.92 Å². The number of nitrogens with zero attached hydrogens (tertiary/aromatic N) is 2. The number of amides is 2. The van der Waals surface area contributed by atoms with Crippen LogP contribution >= 0.6 is 0 Å². The molecule has 0 radical (unpaired) electrons. The molecule has 3 aromatic rings. The number of rotatable bonds is 4. The summed E-state index contributed by atoms with van der Waals surface area (Å²) in [5, 5.41) is 4.03. The molecule has 0 aliphatic heterocycles. The number of aromatic nitrogens is 1. The molecule has 0 spiro atoms. The van der Waals surface area contributed by atoms with E-state index in [0.717, 1.165) is 22.3 Å². The number of hydrogen-bond donors (Lipinski definition) is 1. The van der Waals surface area contributed by atoms with Crippen LogP contribution < -0.4 is 10.2 Å². The second kappa shape index (κ2) is 6.81. The largest absolute Gasteiger partial charge is 0.335 e. The Morgan fingerprint density at radius 2 is 1.76 bits per heavy atom. The van der Waals surface area contributed by atoms with Crippen LogP contribution in [-0.2, 0) is 16.1 Å². The molecule has 1 N–H and O–H groups in total. The maximum atomic E-state index is 12.4. The third-order valence-electron chi connectivity index (χ3n) is 4.33. The highest BCUT2D eigenvalue weighted by Crippen LogP contribution is 2.20. The molecule has 2 amide bonds. The van der Waals surface area contributed by atoms with E-state index in [1.807, 2.05) is 47.9 Å². The summed E-state index contributed by atoms with van der Waals surface area (Å²) in [6.45, 7) is 3.77. The normalized spacial score (nSPS) is 10.7. The number of benzene rings is 2. The third-order valence-corrected chi connectivity index (χ3v) is 4.33. The van der Waals surface area contributed by atoms with E-state index in [1.165, 1.54) is 6.92 Å². The summed E-state index contributed by atoms with van der Waals surface area (Å²) in [6.07, 6.45) is 0. The van der Waals surface area contributed by atoms with Crippen molar-refractivity contribution in [3.63, 3.8) is 0 Å². The van der Waals surface area contributed by atoms with Crippen LogP contribution in [-0.4, -0.2) is 23.4 Å². The SMILES string of the molecule is CC(=O)N(C)c1ccc(NC(=O)Cn2c(C)cc3ccccc32)cc1. The van der Waals surface area contributed by atoms with Crippen LogP contribution in [0.2, 0.25) is 0 Å². The van der Waals surface area contributed by atoms with E-state index in [9.17, 15) is 9.59 Å². The number of anilines is 2. The van der Waals surface area contributed by atoms with Gasteiger partial charge in [0.05, 0.1) is 0 Å². The molecule has 0 saturated carbocycles. The Morgan fingerprint density at radius 1 is 1.08 bits per heavy atom. The van der Waals surface area contributed by atoms with Crippen LogP contribution in [0.4, 0.5) is 11.4 Å². The Hall–Kier alpha value is -3.08. The Kier molecular flexibility index (Phi) is 4.57. The van der Waals surface area contributed by atoms with Crippen molar-refractivity contribution in [3.8, 4) is 0 Å².